The monoisotopic (exact) mass is 313 g/mol. The maximum Gasteiger partial charge on any atom is 0.306 e. The molecule has 0 bridgehead atoms. The minimum Gasteiger partial charge on any atom is -0.481 e. The molecule has 1 aromatic rings. The molecule has 7 heteroatoms. The summed E-state index contributed by atoms with van der Waals surface area (Å²) in [6.07, 6.45) is -0.550. The fourth-order valence-electron chi connectivity index (χ4n) is 2.03. The van der Waals surface area contributed by atoms with Gasteiger partial charge in [-0.05, 0) is 24.3 Å². The molecule has 114 valence electrons. The Morgan fingerprint density at radius 2 is 2.10 bits per heavy atom. The van der Waals surface area contributed by atoms with Gasteiger partial charge in [-0.25, -0.2) is 4.39 Å². The Kier molecular flexibility index (Phi) is 5.58. The first-order chi connectivity index (χ1) is 10.0. The SMILES string of the molecule is O=C(O)CC1CN(C(=O)CSc2ccc(F)cc2)CCO1. The number of amides is 1. The van der Waals surface area contributed by atoms with E-state index >= 15 is 0 Å². The molecular weight excluding hydrogens is 297 g/mol. The topological polar surface area (TPSA) is 66.8 Å². The van der Waals surface area contributed by atoms with Gasteiger partial charge in [0.1, 0.15) is 5.82 Å². The summed E-state index contributed by atoms with van der Waals surface area (Å²) in [5.74, 6) is -1.07. The molecule has 21 heavy (non-hydrogen) atoms. The van der Waals surface area contributed by atoms with Crippen LogP contribution in [0.1, 0.15) is 6.42 Å². The lowest BCUT2D eigenvalue weighted by atomic mass is 10.2. The Morgan fingerprint density at radius 3 is 2.76 bits per heavy atom. The molecule has 1 heterocycles. The van der Waals surface area contributed by atoms with Gasteiger partial charge < -0.3 is 14.7 Å². The number of hydrogen-bond acceptors (Lipinski definition) is 4. The summed E-state index contributed by atoms with van der Waals surface area (Å²) in [4.78, 5) is 25.2. The second-order valence-electron chi connectivity index (χ2n) is 4.67. The zero-order valence-corrected chi connectivity index (χ0v) is 12.1. The van der Waals surface area contributed by atoms with Crippen LogP contribution in [-0.2, 0) is 14.3 Å². The molecule has 0 aromatic heterocycles. The van der Waals surface area contributed by atoms with Crippen molar-refractivity contribution in [3.05, 3.63) is 30.1 Å². The lowest BCUT2D eigenvalue weighted by molar-refractivity contribution is -0.146. The van der Waals surface area contributed by atoms with Crippen molar-refractivity contribution in [1.82, 2.24) is 4.90 Å². The van der Waals surface area contributed by atoms with Crippen molar-refractivity contribution in [1.29, 1.82) is 0 Å². The van der Waals surface area contributed by atoms with Gasteiger partial charge in [0.25, 0.3) is 0 Å². The summed E-state index contributed by atoms with van der Waals surface area (Å²) in [6, 6.07) is 5.95. The zero-order valence-electron chi connectivity index (χ0n) is 11.3. The minimum absolute atomic E-state index is 0.0667. The van der Waals surface area contributed by atoms with E-state index in [2.05, 4.69) is 0 Å². The largest absolute Gasteiger partial charge is 0.481 e. The van der Waals surface area contributed by atoms with Crippen LogP contribution in [0.5, 0.6) is 0 Å². The van der Waals surface area contributed by atoms with Crippen LogP contribution in [0.2, 0.25) is 0 Å². The molecule has 1 amide bonds. The predicted octanol–water partition coefficient (Wildman–Crippen LogP) is 1.62. The van der Waals surface area contributed by atoms with E-state index in [1.165, 1.54) is 23.9 Å². The molecule has 0 radical (unpaired) electrons. The van der Waals surface area contributed by atoms with Crippen LogP contribution in [0.25, 0.3) is 0 Å². The lowest BCUT2D eigenvalue weighted by Gasteiger charge is -2.32. The number of rotatable bonds is 5. The summed E-state index contributed by atoms with van der Waals surface area (Å²) >= 11 is 1.33. The standard InChI is InChI=1S/C14H16FNO4S/c15-10-1-3-12(4-2-10)21-9-13(17)16-5-6-20-11(8-16)7-14(18)19/h1-4,11H,5-9H2,(H,18,19). The Balaban J connectivity index is 1.82. The Bertz CT molecular complexity index is 508. The van der Waals surface area contributed by atoms with Crippen molar-refractivity contribution in [3.8, 4) is 0 Å². The van der Waals surface area contributed by atoms with Gasteiger partial charge in [0.15, 0.2) is 0 Å². The van der Waals surface area contributed by atoms with Gasteiger partial charge in [0, 0.05) is 18.0 Å². The zero-order chi connectivity index (χ0) is 15.2. The van der Waals surface area contributed by atoms with E-state index in [0.29, 0.717) is 19.7 Å². The fraction of sp³-hybridized carbons (Fsp3) is 0.429. The van der Waals surface area contributed by atoms with Crippen LogP contribution in [0.15, 0.2) is 29.2 Å². The van der Waals surface area contributed by atoms with Crippen molar-refractivity contribution in [2.75, 3.05) is 25.4 Å². The number of halogens is 1. The third kappa shape index (κ3) is 5.02. The van der Waals surface area contributed by atoms with Gasteiger partial charge in [-0.2, -0.15) is 0 Å². The van der Waals surface area contributed by atoms with Crippen molar-refractivity contribution >= 4 is 23.6 Å². The number of hydrogen-bond donors (Lipinski definition) is 1. The van der Waals surface area contributed by atoms with Crippen LogP contribution in [0.3, 0.4) is 0 Å². The molecule has 1 unspecified atom stereocenters. The van der Waals surface area contributed by atoms with Crippen LogP contribution < -0.4 is 0 Å². The second-order valence-corrected chi connectivity index (χ2v) is 5.72. The summed E-state index contributed by atoms with van der Waals surface area (Å²) in [5, 5.41) is 8.75. The molecule has 1 aliphatic rings. The molecule has 0 spiro atoms. The van der Waals surface area contributed by atoms with E-state index in [4.69, 9.17) is 9.84 Å². The van der Waals surface area contributed by atoms with Gasteiger partial charge in [-0.3, -0.25) is 9.59 Å². The molecule has 2 rings (SSSR count). The molecule has 1 aliphatic heterocycles. The van der Waals surface area contributed by atoms with Crippen LogP contribution in [0.4, 0.5) is 4.39 Å². The van der Waals surface area contributed by atoms with Crippen LogP contribution in [-0.4, -0.2) is 53.4 Å². The number of aliphatic carboxylic acids is 1. The Hall–Kier alpha value is -1.60. The van der Waals surface area contributed by atoms with Crippen molar-refractivity contribution in [2.45, 2.75) is 17.4 Å². The molecule has 1 aromatic carbocycles. The van der Waals surface area contributed by atoms with E-state index in [-0.39, 0.29) is 23.9 Å². The van der Waals surface area contributed by atoms with E-state index in [1.54, 1.807) is 17.0 Å². The lowest BCUT2D eigenvalue weighted by Crippen LogP contribution is -2.46. The maximum absolute atomic E-state index is 12.8. The number of benzene rings is 1. The third-order valence-electron chi connectivity index (χ3n) is 3.07. The summed E-state index contributed by atoms with van der Waals surface area (Å²) < 4.78 is 18.1. The van der Waals surface area contributed by atoms with Crippen LogP contribution in [0, 0.1) is 5.82 Å². The number of nitrogens with zero attached hydrogens (tertiary/aromatic N) is 1. The molecule has 0 saturated carbocycles. The summed E-state index contributed by atoms with van der Waals surface area (Å²) in [5.41, 5.74) is 0. The van der Waals surface area contributed by atoms with E-state index in [0.717, 1.165) is 4.90 Å². The number of morpholine rings is 1. The molecule has 0 aliphatic carbocycles. The molecule has 1 atom stereocenters. The predicted molar refractivity (Wildman–Crippen MR) is 75.7 cm³/mol. The second kappa shape index (κ2) is 7.42. The first kappa shape index (κ1) is 15.8. The average Bonchev–Trinajstić information content (AvgIpc) is 2.46. The summed E-state index contributed by atoms with van der Waals surface area (Å²) in [7, 11) is 0. The van der Waals surface area contributed by atoms with Gasteiger partial charge in [-0.1, -0.05) is 0 Å². The van der Waals surface area contributed by atoms with Crippen molar-refractivity contribution in [3.63, 3.8) is 0 Å². The Labute approximate surface area is 126 Å². The van der Waals surface area contributed by atoms with E-state index in [9.17, 15) is 14.0 Å². The van der Waals surface area contributed by atoms with Gasteiger partial charge >= 0.3 is 5.97 Å². The first-order valence-electron chi connectivity index (χ1n) is 6.54. The molecule has 1 fully saturated rings. The van der Waals surface area contributed by atoms with Gasteiger partial charge in [0.2, 0.25) is 5.91 Å². The maximum atomic E-state index is 12.8. The van der Waals surface area contributed by atoms with E-state index < -0.39 is 12.1 Å². The van der Waals surface area contributed by atoms with Crippen molar-refractivity contribution in [2.24, 2.45) is 0 Å². The highest BCUT2D eigenvalue weighted by Gasteiger charge is 2.25. The number of ether oxygens (including phenoxy) is 1. The van der Waals surface area contributed by atoms with E-state index in [1.807, 2.05) is 0 Å². The fourth-order valence-corrected chi connectivity index (χ4v) is 2.83. The molecule has 5 nitrogen and oxygen atoms in total. The van der Waals surface area contributed by atoms with Crippen molar-refractivity contribution < 1.29 is 23.8 Å². The minimum atomic E-state index is -0.935. The van der Waals surface area contributed by atoms with Gasteiger partial charge in [-0.15, -0.1) is 11.8 Å². The first-order valence-corrected chi connectivity index (χ1v) is 7.52. The van der Waals surface area contributed by atoms with Gasteiger partial charge in [0.05, 0.1) is 24.9 Å². The molecule has 1 saturated heterocycles. The average molecular weight is 313 g/mol. The highest BCUT2D eigenvalue weighted by Crippen LogP contribution is 2.19. The third-order valence-corrected chi connectivity index (χ3v) is 4.07. The number of carboxylic acid groups (broad SMARTS) is 1. The quantitative estimate of drug-likeness (QED) is 0.837. The normalized spacial score (nSPS) is 18.5. The highest BCUT2D eigenvalue weighted by atomic mass is 32.2. The van der Waals surface area contributed by atoms with Crippen LogP contribution >= 0.6 is 11.8 Å². The smallest absolute Gasteiger partial charge is 0.306 e. The Morgan fingerprint density at radius 1 is 1.38 bits per heavy atom. The number of carbonyl (C=O) groups excluding carboxylic acids is 1. The molecular formula is C14H16FNO4S. The molecule has 1 N–H and O–H groups in total. The highest BCUT2D eigenvalue weighted by molar-refractivity contribution is 8.00. The number of carbonyl (C=O) groups is 2. The summed E-state index contributed by atoms with van der Waals surface area (Å²) in [6.45, 7) is 1.12. The number of carboxylic acids is 1. The number of thioether (sulfide) groups is 1.